The molecule has 17 heavy (non-hydrogen) atoms. The van der Waals surface area contributed by atoms with Crippen LogP contribution in [0.2, 0.25) is 0 Å². The summed E-state index contributed by atoms with van der Waals surface area (Å²) in [6.07, 6.45) is 0. The zero-order chi connectivity index (χ0) is 12.4. The number of nitro benzene ring substituents is 1. The predicted octanol–water partition coefficient (Wildman–Crippen LogP) is 2.16. The van der Waals surface area contributed by atoms with Crippen molar-refractivity contribution in [2.75, 3.05) is 0 Å². The van der Waals surface area contributed by atoms with Crippen LogP contribution in [0.25, 0.3) is 11.3 Å². The Balaban J connectivity index is 2.33. The second-order valence-electron chi connectivity index (χ2n) is 3.11. The van der Waals surface area contributed by atoms with Crippen molar-refractivity contribution in [1.82, 2.24) is 5.16 Å². The molecule has 0 aliphatic rings. The molecule has 0 atom stereocenters. The summed E-state index contributed by atoms with van der Waals surface area (Å²) in [5, 5.41) is 24.3. The Morgan fingerprint density at radius 3 is 2.18 bits per heavy atom. The van der Waals surface area contributed by atoms with Crippen LogP contribution in [0.4, 0.5) is 11.6 Å². The van der Waals surface area contributed by atoms with E-state index >= 15 is 0 Å². The van der Waals surface area contributed by atoms with Crippen molar-refractivity contribution >= 4 is 11.6 Å². The first-order valence-corrected chi connectivity index (χ1v) is 4.44. The van der Waals surface area contributed by atoms with E-state index in [2.05, 4.69) is 9.68 Å². The number of hydrogen-bond donors (Lipinski definition) is 0. The lowest BCUT2D eigenvalue weighted by Crippen LogP contribution is -1.87. The van der Waals surface area contributed by atoms with E-state index < -0.39 is 15.7 Å². The average molecular weight is 235 g/mol. The minimum absolute atomic E-state index is 0.0632. The van der Waals surface area contributed by atoms with Gasteiger partial charge in [0.1, 0.15) is 10.6 Å². The average Bonchev–Trinajstić information content (AvgIpc) is 2.78. The van der Waals surface area contributed by atoms with Crippen LogP contribution in [-0.4, -0.2) is 15.0 Å². The van der Waals surface area contributed by atoms with Crippen molar-refractivity contribution in [3.63, 3.8) is 0 Å². The fraction of sp³-hybridized carbons (Fsp3) is 0. The molecule has 0 aliphatic carbocycles. The summed E-state index contributed by atoms with van der Waals surface area (Å²) in [7, 11) is 0. The number of nitro groups is 2. The highest BCUT2D eigenvalue weighted by Crippen LogP contribution is 2.24. The summed E-state index contributed by atoms with van der Waals surface area (Å²) in [6.45, 7) is 0. The van der Waals surface area contributed by atoms with Gasteiger partial charge in [-0.05, 0) is 12.1 Å². The maximum Gasteiger partial charge on any atom is 0.456 e. The van der Waals surface area contributed by atoms with Crippen LogP contribution in [0.5, 0.6) is 0 Å². The Kier molecular flexibility index (Phi) is 2.53. The van der Waals surface area contributed by atoms with E-state index in [1.54, 1.807) is 0 Å². The molecular weight excluding hydrogens is 230 g/mol. The van der Waals surface area contributed by atoms with Gasteiger partial charge in [0.25, 0.3) is 5.69 Å². The smallest absolute Gasteiger partial charge is 0.288 e. The van der Waals surface area contributed by atoms with Gasteiger partial charge in [-0.2, -0.15) is 0 Å². The molecule has 1 aromatic carbocycles. The van der Waals surface area contributed by atoms with Gasteiger partial charge in [-0.3, -0.25) is 24.8 Å². The van der Waals surface area contributed by atoms with E-state index in [0.717, 1.165) is 6.07 Å². The Hall–Kier alpha value is -2.77. The van der Waals surface area contributed by atoms with Gasteiger partial charge in [0.15, 0.2) is 0 Å². The highest BCUT2D eigenvalue weighted by atomic mass is 16.7. The largest absolute Gasteiger partial charge is 0.456 e. The zero-order valence-corrected chi connectivity index (χ0v) is 8.27. The van der Waals surface area contributed by atoms with Gasteiger partial charge in [0.2, 0.25) is 0 Å². The van der Waals surface area contributed by atoms with E-state index in [0.29, 0.717) is 5.56 Å². The summed E-state index contributed by atoms with van der Waals surface area (Å²) in [5.41, 5.74) is 0.700. The molecule has 2 aromatic rings. The van der Waals surface area contributed by atoms with Crippen LogP contribution >= 0.6 is 0 Å². The van der Waals surface area contributed by atoms with Gasteiger partial charge in [-0.25, -0.2) is 0 Å². The van der Waals surface area contributed by atoms with Crippen molar-refractivity contribution in [2.45, 2.75) is 0 Å². The third-order valence-corrected chi connectivity index (χ3v) is 2.05. The molecule has 1 aromatic heterocycles. The predicted molar refractivity (Wildman–Crippen MR) is 55.2 cm³/mol. The first-order valence-electron chi connectivity index (χ1n) is 4.44. The van der Waals surface area contributed by atoms with E-state index in [1.165, 1.54) is 24.3 Å². The third-order valence-electron chi connectivity index (χ3n) is 2.05. The summed E-state index contributed by atoms with van der Waals surface area (Å²) in [4.78, 5) is 19.6. The van der Waals surface area contributed by atoms with Crippen molar-refractivity contribution in [2.24, 2.45) is 0 Å². The standard InChI is InChI=1S/C9H5N3O5/c13-11(14)7-3-1-6(2-4-7)8-5-9(12(15)16)17-10-8/h1-5H. The zero-order valence-electron chi connectivity index (χ0n) is 8.27. The van der Waals surface area contributed by atoms with Gasteiger partial charge in [-0.15, -0.1) is 0 Å². The van der Waals surface area contributed by atoms with Crippen LogP contribution in [-0.2, 0) is 0 Å². The van der Waals surface area contributed by atoms with Crippen LogP contribution in [0.1, 0.15) is 0 Å². The van der Waals surface area contributed by atoms with Gasteiger partial charge in [0, 0.05) is 17.7 Å². The van der Waals surface area contributed by atoms with Crippen LogP contribution in [0, 0.1) is 20.2 Å². The molecular formula is C9H5N3O5. The summed E-state index contributed by atoms with van der Waals surface area (Å²) in [5.74, 6) is -0.474. The van der Waals surface area contributed by atoms with E-state index in [-0.39, 0.29) is 11.4 Å². The minimum Gasteiger partial charge on any atom is -0.288 e. The van der Waals surface area contributed by atoms with Gasteiger partial charge in [-0.1, -0.05) is 5.16 Å². The fourth-order valence-corrected chi connectivity index (χ4v) is 1.24. The van der Waals surface area contributed by atoms with Crippen molar-refractivity contribution in [3.05, 3.63) is 50.6 Å². The molecule has 0 spiro atoms. The Bertz CT molecular complexity index is 575. The number of benzene rings is 1. The number of aromatic nitrogens is 1. The fourth-order valence-electron chi connectivity index (χ4n) is 1.24. The molecule has 0 saturated heterocycles. The molecule has 0 bridgehead atoms. The van der Waals surface area contributed by atoms with E-state index in [9.17, 15) is 20.2 Å². The summed E-state index contributed by atoms with van der Waals surface area (Å²) < 4.78 is 4.48. The number of hydrogen-bond acceptors (Lipinski definition) is 6. The molecule has 8 nitrogen and oxygen atoms in total. The molecule has 0 fully saturated rings. The molecule has 8 heteroatoms. The monoisotopic (exact) mass is 235 g/mol. The highest BCUT2D eigenvalue weighted by Gasteiger charge is 2.15. The highest BCUT2D eigenvalue weighted by molar-refractivity contribution is 5.61. The van der Waals surface area contributed by atoms with Gasteiger partial charge in [0.05, 0.1) is 11.0 Å². The van der Waals surface area contributed by atoms with Gasteiger partial charge < -0.3 is 0 Å². The van der Waals surface area contributed by atoms with Crippen molar-refractivity contribution < 1.29 is 14.4 Å². The molecule has 2 rings (SSSR count). The molecule has 0 N–H and O–H groups in total. The van der Waals surface area contributed by atoms with Gasteiger partial charge >= 0.3 is 5.88 Å². The molecule has 86 valence electrons. The third kappa shape index (κ3) is 2.09. The first-order chi connectivity index (χ1) is 8.08. The topological polar surface area (TPSA) is 112 Å². The molecule has 0 saturated carbocycles. The van der Waals surface area contributed by atoms with Crippen LogP contribution in [0.3, 0.4) is 0 Å². The maximum absolute atomic E-state index is 10.4. The Morgan fingerprint density at radius 2 is 1.71 bits per heavy atom. The minimum atomic E-state index is -0.706. The van der Waals surface area contributed by atoms with Crippen molar-refractivity contribution in [3.8, 4) is 11.3 Å². The summed E-state index contributed by atoms with van der Waals surface area (Å²) >= 11 is 0. The summed E-state index contributed by atoms with van der Waals surface area (Å²) in [6, 6.07) is 6.62. The molecule has 0 amide bonds. The maximum atomic E-state index is 10.4. The second-order valence-corrected chi connectivity index (χ2v) is 3.11. The number of non-ortho nitro benzene ring substituents is 1. The lowest BCUT2D eigenvalue weighted by atomic mass is 10.1. The molecule has 0 unspecified atom stereocenters. The van der Waals surface area contributed by atoms with Crippen LogP contribution < -0.4 is 0 Å². The number of rotatable bonds is 3. The Morgan fingerprint density at radius 1 is 1.06 bits per heavy atom. The molecule has 0 aliphatic heterocycles. The Labute approximate surface area is 93.8 Å². The van der Waals surface area contributed by atoms with E-state index in [4.69, 9.17) is 0 Å². The first kappa shape index (κ1) is 10.7. The second kappa shape index (κ2) is 4.00. The number of nitrogens with zero attached hydrogens (tertiary/aromatic N) is 3. The molecule has 0 radical (unpaired) electrons. The lowest BCUT2D eigenvalue weighted by molar-refractivity contribution is -0.404. The van der Waals surface area contributed by atoms with Crippen molar-refractivity contribution in [1.29, 1.82) is 0 Å². The molecule has 1 heterocycles. The normalized spacial score (nSPS) is 10.1. The van der Waals surface area contributed by atoms with Crippen LogP contribution in [0.15, 0.2) is 34.9 Å². The lowest BCUT2D eigenvalue weighted by Gasteiger charge is -1.93. The van der Waals surface area contributed by atoms with E-state index in [1.807, 2.05) is 0 Å². The SMILES string of the molecule is O=[N+]([O-])c1ccc(-c2cc([N+](=O)[O-])on2)cc1. The quantitative estimate of drug-likeness (QED) is 0.594.